The quantitative estimate of drug-likeness (QED) is 0.336. The summed E-state index contributed by atoms with van der Waals surface area (Å²) in [5, 5.41) is 3.51. The molecule has 0 spiro atoms. The molecule has 1 aliphatic rings. The summed E-state index contributed by atoms with van der Waals surface area (Å²) in [6.07, 6.45) is 2.36. The van der Waals surface area contributed by atoms with E-state index in [4.69, 9.17) is 11.6 Å². The van der Waals surface area contributed by atoms with E-state index in [0.717, 1.165) is 12.0 Å². The zero-order chi connectivity index (χ0) is 21.0. The molecule has 8 heteroatoms. The Morgan fingerprint density at radius 2 is 1.90 bits per heavy atom. The highest BCUT2D eigenvalue weighted by molar-refractivity contribution is 6.02. The molecule has 3 rings (SSSR count). The van der Waals surface area contributed by atoms with Gasteiger partial charge in [0.05, 0.1) is 16.9 Å². The third-order valence-corrected chi connectivity index (χ3v) is 5.09. The first kappa shape index (κ1) is 21.0. The number of rotatable bonds is 6. The summed E-state index contributed by atoms with van der Waals surface area (Å²) < 4.78 is 28.7. The number of halogens is 2. The minimum absolute atomic E-state index is 0.0217. The molecule has 2 aromatic rings. The van der Waals surface area contributed by atoms with Crippen molar-refractivity contribution in [2.45, 2.75) is 26.8 Å². The minimum atomic E-state index is -0.414. The van der Waals surface area contributed by atoms with Crippen molar-refractivity contribution >= 4 is 11.5 Å². The summed E-state index contributed by atoms with van der Waals surface area (Å²) in [5.41, 5.74) is 8.19. The third-order valence-electron chi connectivity index (χ3n) is 5.09. The maximum absolute atomic E-state index is 14.9. The molecule has 6 nitrogen and oxygen atoms in total. The van der Waals surface area contributed by atoms with E-state index in [0.29, 0.717) is 50.0 Å². The molecule has 1 aromatic carbocycles. The lowest BCUT2D eigenvalue weighted by molar-refractivity contribution is 0.243. The van der Waals surface area contributed by atoms with E-state index in [1.165, 1.54) is 12.1 Å². The average Bonchev–Trinajstić information content (AvgIpc) is 2.69. The molecule has 156 valence electrons. The molecule has 0 aliphatic carbocycles. The molecule has 0 unspecified atom stereocenters. The van der Waals surface area contributed by atoms with Crippen LogP contribution in [0.2, 0.25) is 0 Å². The highest BCUT2D eigenvalue weighted by Crippen LogP contribution is 2.28. The Morgan fingerprint density at radius 3 is 2.52 bits per heavy atom. The first-order chi connectivity index (χ1) is 13.9. The summed E-state index contributed by atoms with van der Waals surface area (Å²) in [6.45, 7) is 7.35. The first-order valence-electron chi connectivity index (χ1n) is 9.82. The van der Waals surface area contributed by atoms with Gasteiger partial charge in [-0.25, -0.2) is 8.78 Å². The van der Waals surface area contributed by atoms with E-state index >= 15 is 0 Å². The van der Waals surface area contributed by atoms with Crippen molar-refractivity contribution in [3.05, 3.63) is 58.9 Å². The lowest BCUT2D eigenvalue weighted by Gasteiger charge is -2.37. The Kier molecular flexibility index (Phi) is 6.64. The number of benzene rings is 1. The number of pyridine rings is 1. The van der Waals surface area contributed by atoms with E-state index in [-0.39, 0.29) is 17.2 Å². The van der Waals surface area contributed by atoms with Crippen LogP contribution in [-0.4, -0.2) is 41.9 Å². The van der Waals surface area contributed by atoms with Gasteiger partial charge in [-0.05, 0) is 42.2 Å². The summed E-state index contributed by atoms with van der Waals surface area (Å²) in [5.74, 6) is 5.01. The highest BCUT2D eigenvalue weighted by atomic mass is 19.1. The summed E-state index contributed by atoms with van der Waals surface area (Å²) >= 11 is 0. The SMILES string of the molecule is CC(C)Cc1cc(F)c(/C(N)=N/N)c(N2CCN(Cc3ncccc3F)CC2)c1. The second kappa shape index (κ2) is 9.17. The molecule has 1 aliphatic heterocycles. The fourth-order valence-electron chi connectivity index (χ4n) is 3.70. The monoisotopic (exact) mass is 402 g/mol. The number of hydrogen-bond donors (Lipinski definition) is 2. The fraction of sp³-hybridized carbons (Fsp3) is 0.429. The molecule has 1 aromatic heterocycles. The Labute approximate surface area is 170 Å². The smallest absolute Gasteiger partial charge is 0.155 e. The molecule has 0 amide bonds. The molecule has 29 heavy (non-hydrogen) atoms. The summed E-state index contributed by atoms with van der Waals surface area (Å²) in [6, 6.07) is 6.49. The number of piperazine rings is 1. The van der Waals surface area contributed by atoms with Crippen LogP contribution in [0.3, 0.4) is 0 Å². The van der Waals surface area contributed by atoms with Crippen molar-refractivity contribution in [1.82, 2.24) is 9.88 Å². The van der Waals surface area contributed by atoms with Crippen molar-refractivity contribution in [2.24, 2.45) is 22.6 Å². The number of amidine groups is 1. The number of nitrogens with two attached hydrogens (primary N) is 2. The van der Waals surface area contributed by atoms with Crippen molar-refractivity contribution in [3.63, 3.8) is 0 Å². The Hall–Kier alpha value is -2.74. The van der Waals surface area contributed by atoms with Crippen molar-refractivity contribution in [1.29, 1.82) is 0 Å². The Balaban J connectivity index is 1.79. The average molecular weight is 402 g/mol. The molecular formula is C21H28F2N6. The van der Waals surface area contributed by atoms with Gasteiger partial charge in [0.25, 0.3) is 0 Å². The molecule has 4 N–H and O–H groups in total. The fourth-order valence-corrected chi connectivity index (χ4v) is 3.70. The molecule has 0 atom stereocenters. The number of hydrogen-bond acceptors (Lipinski definition) is 5. The lowest BCUT2D eigenvalue weighted by Crippen LogP contribution is -2.46. The molecule has 0 bridgehead atoms. The van der Waals surface area contributed by atoms with Crippen LogP contribution >= 0.6 is 0 Å². The highest BCUT2D eigenvalue weighted by Gasteiger charge is 2.24. The molecule has 0 radical (unpaired) electrons. The van der Waals surface area contributed by atoms with Crippen LogP contribution in [0.25, 0.3) is 0 Å². The summed E-state index contributed by atoms with van der Waals surface area (Å²) in [4.78, 5) is 8.35. The van der Waals surface area contributed by atoms with E-state index in [1.807, 2.05) is 6.07 Å². The minimum Gasteiger partial charge on any atom is -0.382 e. The molecule has 0 saturated carbocycles. The molecule has 2 heterocycles. The maximum atomic E-state index is 14.9. The predicted octanol–water partition coefficient (Wildman–Crippen LogP) is 2.46. The van der Waals surface area contributed by atoms with Crippen molar-refractivity contribution in [2.75, 3.05) is 31.1 Å². The van der Waals surface area contributed by atoms with Crippen LogP contribution in [0.4, 0.5) is 14.5 Å². The number of aromatic nitrogens is 1. The Bertz CT molecular complexity index is 875. The van der Waals surface area contributed by atoms with Gasteiger partial charge in [0, 0.05) is 38.9 Å². The van der Waals surface area contributed by atoms with Crippen molar-refractivity contribution < 1.29 is 8.78 Å². The zero-order valence-corrected chi connectivity index (χ0v) is 16.9. The van der Waals surface area contributed by atoms with Crippen LogP contribution in [0, 0.1) is 17.6 Å². The van der Waals surface area contributed by atoms with Crippen LogP contribution in [-0.2, 0) is 13.0 Å². The topological polar surface area (TPSA) is 83.8 Å². The zero-order valence-electron chi connectivity index (χ0n) is 16.9. The van der Waals surface area contributed by atoms with Gasteiger partial charge in [-0.3, -0.25) is 9.88 Å². The van der Waals surface area contributed by atoms with Gasteiger partial charge in [-0.1, -0.05) is 13.8 Å². The summed E-state index contributed by atoms with van der Waals surface area (Å²) in [7, 11) is 0. The maximum Gasteiger partial charge on any atom is 0.155 e. The first-order valence-corrected chi connectivity index (χ1v) is 9.82. The number of nitrogens with zero attached hydrogens (tertiary/aromatic N) is 4. The third kappa shape index (κ3) is 5.00. The normalized spacial score (nSPS) is 15.9. The standard InChI is InChI=1S/C21H28F2N6/c1-14(2)10-15-11-17(23)20(21(24)27-25)19(12-15)29-8-6-28(7-9-29)13-18-16(22)4-3-5-26-18/h3-5,11-12,14H,6-10,13,25H2,1-2H3,(H2,24,27). The number of anilines is 1. The van der Waals surface area contributed by atoms with Crippen LogP contribution in [0.15, 0.2) is 35.6 Å². The van der Waals surface area contributed by atoms with E-state index < -0.39 is 5.82 Å². The van der Waals surface area contributed by atoms with Gasteiger partial charge in [0.1, 0.15) is 11.6 Å². The molecular weight excluding hydrogens is 374 g/mol. The van der Waals surface area contributed by atoms with E-state index in [1.54, 1.807) is 12.3 Å². The van der Waals surface area contributed by atoms with Gasteiger partial charge in [0.2, 0.25) is 0 Å². The van der Waals surface area contributed by atoms with Crippen LogP contribution in [0.5, 0.6) is 0 Å². The molecule has 1 saturated heterocycles. The predicted molar refractivity (Wildman–Crippen MR) is 112 cm³/mol. The van der Waals surface area contributed by atoms with Gasteiger partial charge in [-0.15, -0.1) is 0 Å². The number of hydrazone groups is 1. The van der Waals surface area contributed by atoms with Gasteiger partial charge in [-0.2, -0.15) is 5.10 Å². The second-order valence-electron chi connectivity index (χ2n) is 7.78. The van der Waals surface area contributed by atoms with Crippen LogP contribution in [0.1, 0.15) is 30.7 Å². The molecule has 1 fully saturated rings. The van der Waals surface area contributed by atoms with Gasteiger partial charge >= 0.3 is 0 Å². The van der Waals surface area contributed by atoms with Gasteiger partial charge in [0.15, 0.2) is 5.84 Å². The van der Waals surface area contributed by atoms with E-state index in [9.17, 15) is 8.78 Å². The van der Waals surface area contributed by atoms with Crippen LogP contribution < -0.4 is 16.5 Å². The lowest BCUT2D eigenvalue weighted by atomic mass is 9.98. The largest absolute Gasteiger partial charge is 0.382 e. The van der Waals surface area contributed by atoms with Crippen molar-refractivity contribution in [3.8, 4) is 0 Å². The second-order valence-corrected chi connectivity index (χ2v) is 7.78. The van der Waals surface area contributed by atoms with E-state index in [2.05, 4.69) is 33.7 Å². The van der Waals surface area contributed by atoms with Gasteiger partial charge < -0.3 is 16.5 Å². The Morgan fingerprint density at radius 1 is 1.17 bits per heavy atom.